The summed E-state index contributed by atoms with van der Waals surface area (Å²) in [4.78, 5) is 13.1. The first-order valence-electron chi connectivity index (χ1n) is 8.55. The molecule has 0 saturated heterocycles. The van der Waals surface area contributed by atoms with Crippen LogP contribution in [0.5, 0.6) is 0 Å². The van der Waals surface area contributed by atoms with E-state index in [1.54, 1.807) is 6.20 Å². The molecule has 1 aliphatic rings. The van der Waals surface area contributed by atoms with Crippen molar-refractivity contribution in [2.24, 2.45) is 0 Å². The minimum atomic E-state index is 0.412. The number of nitrogens with zero attached hydrogens (tertiary/aromatic N) is 3. The smallest absolute Gasteiger partial charge is 0.159 e. The van der Waals surface area contributed by atoms with Gasteiger partial charge >= 0.3 is 0 Å². The van der Waals surface area contributed by atoms with Crippen molar-refractivity contribution >= 4 is 33.4 Å². The van der Waals surface area contributed by atoms with Crippen LogP contribution in [-0.4, -0.2) is 31.2 Å². The van der Waals surface area contributed by atoms with Gasteiger partial charge in [-0.2, -0.15) is 0 Å². The van der Waals surface area contributed by atoms with E-state index in [4.69, 9.17) is 5.73 Å². The Morgan fingerprint density at radius 2 is 2.00 bits per heavy atom. The minimum Gasteiger partial charge on any atom is -0.397 e. The number of fused-ring (bicyclic) bond motifs is 3. The molecule has 1 saturated carbocycles. The Kier molecular flexibility index (Phi) is 3.12. The number of anilines is 2. The number of H-pyrrole nitrogens is 2. The van der Waals surface area contributed by atoms with Crippen molar-refractivity contribution in [2.75, 3.05) is 11.1 Å². The normalized spacial score (nSPS) is 20.5. The summed E-state index contributed by atoms with van der Waals surface area (Å²) < 4.78 is 0. The van der Waals surface area contributed by atoms with Crippen molar-refractivity contribution in [1.82, 2.24) is 25.1 Å². The molecule has 126 valence electrons. The van der Waals surface area contributed by atoms with Crippen molar-refractivity contribution in [1.29, 1.82) is 0 Å². The van der Waals surface area contributed by atoms with Crippen LogP contribution in [0.25, 0.3) is 21.9 Å². The number of nitrogens with one attached hydrogen (secondary N) is 3. The van der Waals surface area contributed by atoms with E-state index in [2.05, 4.69) is 30.5 Å². The Bertz CT molecular complexity index is 1030. The summed E-state index contributed by atoms with van der Waals surface area (Å²) in [5.74, 6) is 1.36. The van der Waals surface area contributed by atoms with Crippen LogP contribution in [0.3, 0.4) is 0 Å². The van der Waals surface area contributed by atoms with Crippen LogP contribution in [-0.2, 0) is 0 Å². The Morgan fingerprint density at radius 1 is 1.04 bits per heavy atom. The number of hydrogen-bond donors (Lipinski definition) is 4. The Morgan fingerprint density at radius 3 is 2.88 bits per heavy atom. The van der Waals surface area contributed by atoms with Crippen LogP contribution in [0.4, 0.5) is 11.5 Å². The monoisotopic (exact) mass is 333 g/mol. The van der Waals surface area contributed by atoms with E-state index < -0.39 is 0 Å². The highest BCUT2D eigenvalue weighted by molar-refractivity contribution is 6.04. The van der Waals surface area contributed by atoms with Gasteiger partial charge in [0, 0.05) is 34.6 Å². The molecule has 4 aromatic rings. The molecular weight excluding hydrogens is 314 g/mol. The molecule has 4 heterocycles. The van der Waals surface area contributed by atoms with E-state index in [1.807, 2.05) is 30.6 Å². The highest BCUT2D eigenvalue weighted by Crippen LogP contribution is 2.39. The van der Waals surface area contributed by atoms with Crippen molar-refractivity contribution in [3.8, 4) is 0 Å². The van der Waals surface area contributed by atoms with Gasteiger partial charge in [-0.25, -0.2) is 15.0 Å². The van der Waals surface area contributed by atoms with E-state index in [-0.39, 0.29) is 0 Å². The predicted octanol–water partition coefficient (Wildman–Crippen LogP) is 3.16. The molecule has 0 aliphatic heterocycles. The van der Waals surface area contributed by atoms with Crippen LogP contribution in [0.15, 0.2) is 36.8 Å². The van der Waals surface area contributed by atoms with Gasteiger partial charge in [0.05, 0.1) is 23.6 Å². The zero-order valence-electron chi connectivity index (χ0n) is 13.7. The van der Waals surface area contributed by atoms with Gasteiger partial charge in [-0.3, -0.25) is 5.10 Å². The molecule has 7 nitrogen and oxygen atoms in total. The average Bonchev–Trinajstić information content (AvgIpc) is 3.34. The van der Waals surface area contributed by atoms with Crippen molar-refractivity contribution in [3.63, 3.8) is 0 Å². The quantitative estimate of drug-likeness (QED) is 0.460. The first kappa shape index (κ1) is 14.3. The molecule has 0 amide bonds. The van der Waals surface area contributed by atoms with E-state index in [0.717, 1.165) is 41.6 Å². The number of aromatic nitrogens is 5. The second-order valence-electron chi connectivity index (χ2n) is 6.72. The second kappa shape index (κ2) is 5.47. The first-order chi connectivity index (χ1) is 12.3. The van der Waals surface area contributed by atoms with Crippen molar-refractivity contribution in [2.45, 2.75) is 31.2 Å². The molecule has 4 aromatic heterocycles. The molecular formula is C18H19N7. The topological polar surface area (TPSA) is 108 Å². The summed E-state index contributed by atoms with van der Waals surface area (Å²) in [5, 5.41) is 12.5. The Hall–Kier alpha value is -3.09. The fourth-order valence-corrected chi connectivity index (χ4v) is 3.92. The van der Waals surface area contributed by atoms with Crippen LogP contribution in [0.2, 0.25) is 0 Å². The highest BCUT2D eigenvalue weighted by Gasteiger charge is 2.29. The molecule has 0 aromatic carbocycles. The number of aromatic amines is 2. The van der Waals surface area contributed by atoms with Crippen LogP contribution in [0, 0.1) is 0 Å². The van der Waals surface area contributed by atoms with Gasteiger partial charge in [0.25, 0.3) is 0 Å². The van der Waals surface area contributed by atoms with Crippen molar-refractivity contribution in [3.05, 3.63) is 42.5 Å². The molecule has 0 bridgehead atoms. The van der Waals surface area contributed by atoms with Gasteiger partial charge < -0.3 is 16.1 Å². The van der Waals surface area contributed by atoms with Crippen LogP contribution < -0.4 is 11.1 Å². The molecule has 0 spiro atoms. The lowest BCUT2D eigenvalue weighted by Crippen LogP contribution is -2.16. The van der Waals surface area contributed by atoms with E-state index in [9.17, 15) is 0 Å². The van der Waals surface area contributed by atoms with Gasteiger partial charge in [0.15, 0.2) is 5.65 Å². The molecule has 1 aliphatic carbocycles. The molecule has 0 radical (unpaired) electrons. The lowest BCUT2D eigenvalue weighted by atomic mass is 9.99. The second-order valence-corrected chi connectivity index (χ2v) is 6.72. The van der Waals surface area contributed by atoms with Gasteiger partial charge in [-0.1, -0.05) is 0 Å². The predicted molar refractivity (Wildman–Crippen MR) is 98.4 cm³/mol. The van der Waals surface area contributed by atoms with Gasteiger partial charge in [-0.05, 0) is 37.5 Å². The number of nitrogen functional groups attached to an aromatic ring is 1. The largest absolute Gasteiger partial charge is 0.397 e. The zero-order valence-corrected chi connectivity index (χ0v) is 13.7. The fourth-order valence-electron chi connectivity index (χ4n) is 3.92. The molecule has 25 heavy (non-hydrogen) atoms. The summed E-state index contributed by atoms with van der Waals surface area (Å²) >= 11 is 0. The summed E-state index contributed by atoms with van der Waals surface area (Å²) in [6.45, 7) is 0. The zero-order chi connectivity index (χ0) is 16.8. The summed E-state index contributed by atoms with van der Waals surface area (Å²) in [6, 6.07) is 6.26. The van der Waals surface area contributed by atoms with E-state index >= 15 is 0 Å². The third-order valence-corrected chi connectivity index (χ3v) is 5.11. The SMILES string of the molecule is Nc1ccc(N[C@@H]2CC[C@H](c3[nH][nH]c4cnc5nccc5c34)C2)nc1. The third-order valence-electron chi connectivity index (χ3n) is 5.11. The highest BCUT2D eigenvalue weighted by atomic mass is 15.1. The lowest BCUT2D eigenvalue weighted by molar-refractivity contribution is 0.682. The number of pyridine rings is 2. The minimum absolute atomic E-state index is 0.412. The maximum Gasteiger partial charge on any atom is 0.159 e. The number of hydrogen-bond acceptors (Lipinski definition) is 5. The summed E-state index contributed by atoms with van der Waals surface area (Å²) in [6.07, 6.45) is 8.67. The number of rotatable bonds is 3. The van der Waals surface area contributed by atoms with Crippen LogP contribution in [0.1, 0.15) is 30.9 Å². The van der Waals surface area contributed by atoms with Crippen molar-refractivity contribution < 1.29 is 0 Å². The van der Waals surface area contributed by atoms with Gasteiger partial charge in [0.2, 0.25) is 0 Å². The van der Waals surface area contributed by atoms with Crippen LogP contribution >= 0.6 is 0 Å². The van der Waals surface area contributed by atoms with Gasteiger partial charge in [-0.15, -0.1) is 0 Å². The molecule has 0 unspecified atom stereocenters. The standard InChI is InChI=1S/C18H19N7/c19-11-2-4-15(21-8-11)23-12-3-1-10(7-12)17-16-13-5-6-20-18(13)22-9-14(16)24-25-17/h2,4-6,8-10,12,24-25H,1,3,7,19H2,(H,21,23)/t10-,12+/m0/s1. The molecule has 2 atom stereocenters. The first-order valence-corrected chi connectivity index (χ1v) is 8.55. The van der Waals surface area contributed by atoms with Gasteiger partial charge in [0.1, 0.15) is 5.82 Å². The summed E-state index contributed by atoms with van der Waals surface area (Å²) in [7, 11) is 0. The Balaban J connectivity index is 1.42. The van der Waals surface area contributed by atoms with E-state index in [0.29, 0.717) is 17.6 Å². The lowest BCUT2D eigenvalue weighted by Gasteiger charge is -2.14. The average molecular weight is 333 g/mol. The van der Waals surface area contributed by atoms with E-state index in [1.165, 1.54) is 11.1 Å². The maximum absolute atomic E-state index is 5.70. The molecule has 7 heteroatoms. The Labute approximate surface area is 144 Å². The summed E-state index contributed by atoms with van der Waals surface area (Å²) in [5.41, 5.74) is 9.48. The third kappa shape index (κ3) is 2.39. The maximum atomic E-state index is 5.70. The molecule has 5 rings (SSSR count). The fraction of sp³-hybridized carbons (Fsp3) is 0.278. The number of nitrogens with two attached hydrogens (primary N) is 1. The molecule has 1 fully saturated rings. The molecule has 5 N–H and O–H groups in total.